The Morgan fingerprint density at radius 3 is 2.35 bits per heavy atom. The molecule has 1 aliphatic heterocycles. The van der Waals surface area contributed by atoms with Gasteiger partial charge in [0.2, 0.25) is 15.9 Å². The lowest BCUT2D eigenvalue weighted by Gasteiger charge is -2.38. The van der Waals surface area contributed by atoms with Crippen LogP contribution in [0.2, 0.25) is 0 Å². The Balaban J connectivity index is 1.72. The molecule has 1 heterocycles. The van der Waals surface area contributed by atoms with Crippen LogP contribution in [0.3, 0.4) is 0 Å². The number of carbonyl (C=O) groups excluding carboxylic acids is 1. The molecule has 10 heteroatoms. The highest BCUT2D eigenvalue weighted by Gasteiger charge is 2.44. The number of nitrogens with two attached hydrogens (primary N) is 1. The minimum Gasteiger partial charge on any atom is -0.343 e. The summed E-state index contributed by atoms with van der Waals surface area (Å²) in [5, 5.41) is 0. The van der Waals surface area contributed by atoms with Gasteiger partial charge in [-0.15, -0.1) is 0 Å². The molecular formula is C21H30F3N3O3S. The lowest BCUT2D eigenvalue weighted by Crippen LogP contribution is -2.50. The largest absolute Gasteiger partial charge is 0.416 e. The fourth-order valence-electron chi connectivity index (χ4n) is 4.17. The Hall–Kier alpha value is -1.65. The molecule has 1 aliphatic carbocycles. The molecule has 174 valence electrons. The van der Waals surface area contributed by atoms with Gasteiger partial charge in [0.1, 0.15) is 0 Å². The third-order valence-corrected chi connectivity index (χ3v) is 7.92. The van der Waals surface area contributed by atoms with E-state index in [9.17, 15) is 26.4 Å². The first-order valence-electron chi connectivity index (χ1n) is 10.8. The number of amides is 1. The average Bonchev–Trinajstić information content (AvgIpc) is 3.53. The van der Waals surface area contributed by atoms with Crippen molar-refractivity contribution in [2.24, 2.45) is 5.73 Å². The van der Waals surface area contributed by atoms with Crippen molar-refractivity contribution in [3.05, 3.63) is 29.8 Å². The minimum atomic E-state index is -4.61. The van der Waals surface area contributed by atoms with Crippen LogP contribution in [0.15, 0.2) is 29.2 Å². The summed E-state index contributed by atoms with van der Waals surface area (Å²) in [7, 11) is -4.07. The Labute approximate surface area is 181 Å². The van der Waals surface area contributed by atoms with Crippen LogP contribution < -0.4 is 5.73 Å². The molecule has 1 unspecified atom stereocenters. The van der Waals surface area contributed by atoms with Crippen molar-refractivity contribution in [1.29, 1.82) is 0 Å². The van der Waals surface area contributed by atoms with E-state index in [4.69, 9.17) is 5.73 Å². The van der Waals surface area contributed by atoms with E-state index in [1.807, 2.05) is 6.92 Å². The second-order valence-corrected chi connectivity index (χ2v) is 10.3. The second kappa shape index (κ2) is 9.46. The topological polar surface area (TPSA) is 83.7 Å². The van der Waals surface area contributed by atoms with Gasteiger partial charge in [-0.05, 0) is 50.3 Å². The van der Waals surface area contributed by atoms with Crippen molar-refractivity contribution in [2.45, 2.75) is 81.1 Å². The molecule has 1 saturated carbocycles. The zero-order valence-corrected chi connectivity index (χ0v) is 18.5. The van der Waals surface area contributed by atoms with Crippen LogP contribution in [0.4, 0.5) is 13.2 Å². The maximum atomic E-state index is 13.3. The molecule has 2 fully saturated rings. The third-order valence-electron chi connectivity index (χ3n) is 5.92. The third kappa shape index (κ3) is 5.78. The molecule has 31 heavy (non-hydrogen) atoms. The van der Waals surface area contributed by atoms with E-state index in [2.05, 4.69) is 0 Å². The maximum Gasteiger partial charge on any atom is 0.416 e. The van der Waals surface area contributed by atoms with Gasteiger partial charge in [0.05, 0.1) is 10.5 Å². The van der Waals surface area contributed by atoms with Gasteiger partial charge in [-0.25, -0.2) is 8.42 Å². The molecule has 1 aromatic rings. The number of piperidine rings is 1. The van der Waals surface area contributed by atoms with Crippen LogP contribution in [-0.2, 0) is 21.0 Å². The zero-order valence-electron chi connectivity index (χ0n) is 17.6. The number of nitrogens with zero attached hydrogens (tertiary/aromatic N) is 2. The highest BCUT2D eigenvalue weighted by molar-refractivity contribution is 7.89. The minimum absolute atomic E-state index is 0.0295. The van der Waals surface area contributed by atoms with Gasteiger partial charge in [0, 0.05) is 37.6 Å². The van der Waals surface area contributed by atoms with Gasteiger partial charge in [-0.2, -0.15) is 17.5 Å². The molecule has 2 N–H and O–H groups in total. The van der Waals surface area contributed by atoms with Crippen molar-refractivity contribution < 1.29 is 26.4 Å². The highest BCUT2D eigenvalue weighted by Crippen LogP contribution is 2.38. The van der Waals surface area contributed by atoms with Gasteiger partial charge in [-0.1, -0.05) is 19.4 Å². The summed E-state index contributed by atoms with van der Waals surface area (Å²) in [6, 6.07) is 3.21. The normalized spacial score (nSPS) is 19.6. The number of benzene rings is 1. The van der Waals surface area contributed by atoms with Gasteiger partial charge in [-0.3, -0.25) is 4.79 Å². The number of sulfonamides is 1. The molecule has 0 spiro atoms. The Morgan fingerprint density at radius 1 is 1.19 bits per heavy atom. The first-order valence-corrected chi connectivity index (χ1v) is 12.2. The Kier molecular flexibility index (Phi) is 7.32. The van der Waals surface area contributed by atoms with Gasteiger partial charge in [0.15, 0.2) is 0 Å². The quantitative estimate of drug-likeness (QED) is 0.644. The van der Waals surface area contributed by atoms with Crippen molar-refractivity contribution in [3.63, 3.8) is 0 Å². The van der Waals surface area contributed by atoms with Crippen molar-refractivity contribution in [3.8, 4) is 0 Å². The summed E-state index contributed by atoms with van der Waals surface area (Å²) in [5.74, 6) is -0.0295. The van der Waals surface area contributed by atoms with E-state index in [0.717, 1.165) is 25.0 Å². The predicted molar refractivity (Wildman–Crippen MR) is 111 cm³/mol. The highest BCUT2D eigenvalue weighted by atomic mass is 32.2. The summed E-state index contributed by atoms with van der Waals surface area (Å²) in [4.78, 5) is 13.8. The fraction of sp³-hybridized carbons (Fsp3) is 0.667. The van der Waals surface area contributed by atoms with Crippen LogP contribution in [0.1, 0.15) is 57.4 Å². The number of alkyl halides is 3. The van der Waals surface area contributed by atoms with Gasteiger partial charge in [0.25, 0.3) is 0 Å². The number of rotatable bonds is 8. The van der Waals surface area contributed by atoms with Crippen LogP contribution >= 0.6 is 0 Å². The monoisotopic (exact) mass is 461 g/mol. The number of hydrogen-bond acceptors (Lipinski definition) is 4. The lowest BCUT2D eigenvalue weighted by atomic mass is 10.0. The smallest absolute Gasteiger partial charge is 0.343 e. The molecule has 1 aromatic carbocycles. The molecule has 1 amide bonds. The number of carbonyl (C=O) groups is 1. The number of hydrogen-bond donors (Lipinski definition) is 1. The standard InChI is InChI=1S/C21H30F3N3O3S/c1-2-4-16(25)14-20(28)26-11-9-18(10-12-26)27(17-7-8-17)31(29,30)19-6-3-5-15(13-19)21(22,23)24/h3,5-6,13,16-18H,2,4,7-12,14,25H2,1H3. The Bertz CT molecular complexity index is 879. The molecule has 1 atom stereocenters. The van der Waals surface area contributed by atoms with Crippen LogP contribution in [0, 0.1) is 0 Å². The van der Waals surface area contributed by atoms with Crippen molar-refractivity contribution >= 4 is 15.9 Å². The first-order chi connectivity index (χ1) is 14.5. The van der Waals surface area contributed by atoms with E-state index in [0.29, 0.717) is 44.8 Å². The molecule has 6 nitrogen and oxygen atoms in total. The summed E-state index contributed by atoms with van der Waals surface area (Å²) < 4.78 is 67.2. The molecular weight excluding hydrogens is 431 g/mol. The van der Waals surface area contributed by atoms with E-state index in [1.54, 1.807) is 4.90 Å². The van der Waals surface area contributed by atoms with Crippen molar-refractivity contribution in [2.75, 3.05) is 13.1 Å². The maximum absolute atomic E-state index is 13.3. The molecule has 3 rings (SSSR count). The summed E-state index contributed by atoms with van der Waals surface area (Å²) in [5.41, 5.74) is 4.99. The van der Waals surface area contributed by atoms with Gasteiger partial charge < -0.3 is 10.6 Å². The summed E-state index contributed by atoms with van der Waals surface area (Å²) in [6.07, 6.45) is -0.347. The SMILES string of the molecule is CCCC(N)CC(=O)N1CCC(N(C2CC2)S(=O)(=O)c2cccc(C(F)(F)F)c2)CC1. The predicted octanol–water partition coefficient (Wildman–Crippen LogP) is 3.37. The Morgan fingerprint density at radius 2 is 1.81 bits per heavy atom. The lowest BCUT2D eigenvalue weighted by molar-refractivity contribution is -0.137. The van der Waals surface area contributed by atoms with E-state index < -0.39 is 21.8 Å². The van der Waals surface area contributed by atoms with Crippen LogP contribution in [0.5, 0.6) is 0 Å². The second-order valence-electron chi connectivity index (χ2n) is 8.46. The first kappa shape index (κ1) is 24.0. The average molecular weight is 462 g/mol. The summed E-state index contributed by atoms with van der Waals surface area (Å²) in [6.45, 7) is 2.85. The fourth-order valence-corrected chi connectivity index (χ4v) is 6.15. The van der Waals surface area contributed by atoms with Gasteiger partial charge >= 0.3 is 6.18 Å². The number of halogens is 3. The van der Waals surface area contributed by atoms with E-state index in [1.165, 1.54) is 10.4 Å². The zero-order chi connectivity index (χ0) is 22.8. The molecule has 0 radical (unpaired) electrons. The van der Waals surface area contributed by atoms with E-state index >= 15 is 0 Å². The molecule has 2 aliphatic rings. The van der Waals surface area contributed by atoms with Crippen molar-refractivity contribution in [1.82, 2.24) is 9.21 Å². The summed E-state index contributed by atoms with van der Waals surface area (Å²) >= 11 is 0. The molecule has 0 bridgehead atoms. The van der Waals surface area contributed by atoms with Crippen LogP contribution in [-0.4, -0.2) is 54.7 Å². The molecule has 1 saturated heterocycles. The van der Waals surface area contributed by atoms with Crippen LogP contribution in [0.25, 0.3) is 0 Å². The number of likely N-dealkylation sites (tertiary alicyclic amines) is 1. The van der Waals surface area contributed by atoms with E-state index in [-0.39, 0.29) is 35.3 Å². The molecule has 0 aromatic heterocycles.